The number of thioether (sulfide) groups is 1. The summed E-state index contributed by atoms with van der Waals surface area (Å²) in [6.45, 7) is 8.42. The third kappa shape index (κ3) is 6.86. The Kier molecular flexibility index (Phi) is 9.89. The number of aliphatic imine (C=N–C) groups is 1. The Morgan fingerprint density at radius 2 is 2.00 bits per heavy atom. The van der Waals surface area contributed by atoms with Crippen molar-refractivity contribution in [1.82, 2.24) is 15.6 Å². The molecule has 25 heavy (non-hydrogen) atoms. The first-order chi connectivity index (χ1) is 11.6. The highest BCUT2D eigenvalue weighted by atomic mass is 127. The molecule has 0 bridgehead atoms. The van der Waals surface area contributed by atoms with Gasteiger partial charge in [0.2, 0.25) is 0 Å². The van der Waals surface area contributed by atoms with Crippen LogP contribution in [0.5, 0.6) is 0 Å². The first-order valence-corrected chi connectivity index (χ1v) is 9.42. The van der Waals surface area contributed by atoms with Crippen LogP contribution >= 0.6 is 35.7 Å². The van der Waals surface area contributed by atoms with Gasteiger partial charge in [0.25, 0.3) is 0 Å². The molecule has 2 rings (SSSR count). The molecule has 0 aliphatic heterocycles. The smallest absolute Gasteiger partial charge is 0.191 e. The van der Waals surface area contributed by atoms with E-state index in [0.717, 1.165) is 18.2 Å². The summed E-state index contributed by atoms with van der Waals surface area (Å²) >= 11 is 1.77. The third-order valence-corrected chi connectivity index (χ3v) is 4.56. The number of aryl methyl sites for hydroxylation is 2. The maximum atomic E-state index is 4.72. The van der Waals surface area contributed by atoms with Crippen LogP contribution in [0, 0.1) is 13.8 Å². The van der Waals surface area contributed by atoms with Gasteiger partial charge in [0.05, 0.1) is 18.8 Å². The van der Waals surface area contributed by atoms with Gasteiger partial charge in [-0.2, -0.15) is 0 Å². The summed E-state index contributed by atoms with van der Waals surface area (Å²) in [6.07, 6.45) is 3.93. The zero-order valence-electron chi connectivity index (χ0n) is 15.3. The quantitative estimate of drug-likeness (QED) is 0.286. The highest BCUT2D eigenvalue weighted by Crippen LogP contribution is 2.22. The highest BCUT2D eigenvalue weighted by Gasteiger charge is 2.04. The molecule has 0 saturated heterocycles. The van der Waals surface area contributed by atoms with Crippen LogP contribution in [-0.2, 0) is 13.1 Å². The topological polar surface area (TPSA) is 49.3 Å². The van der Waals surface area contributed by atoms with E-state index in [-0.39, 0.29) is 24.0 Å². The molecule has 0 saturated carbocycles. The van der Waals surface area contributed by atoms with Crippen LogP contribution in [0.3, 0.4) is 0 Å². The number of hydrogen-bond donors (Lipinski definition) is 2. The standard InChI is InChI=1S/C19H26N4S.HI/c1-5-20-19(23-13-17-15(3)7-6-10-21-17)22-12-16-9-8-14(2)11-18(16)24-4;/h6-11H,5,12-13H2,1-4H3,(H2,20,22,23);1H. The first-order valence-electron chi connectivity index (χ1n) is 8.20. The van der Waals surface area contributed by atoms with Crippen molar-refractivity contribution in [2.24, 2.45) is 4.99 Å². The Morgan fingerprint density at radius 3 is 2.68 bits per heavy atom. The average Bonchev–Trinajstić information content (AvgIpc) is 2.59. The number of nitrogens with zero attached hydrogens (tertiary/aromatic N) is 2. The van der Waals surface area contributed by atoms with Gasteiger partial charge in [-0.3, -0.25) is 4.98 Å². The average molecular weight is 470 g/mol. The minimum Gasteiger partial charge on any atom is -0.357 e. The molecule has 1 heterocycles. The Labute approximate surface area is 172 Å². The lowest BCUT2D eigenvalue weighted by molar-refractivity contribution is 0.793. The van der Waals surface area contributed by atoms with Crippen LogP contribution in [0.4, 0.5) is 0 Å². The molecule has 2 N–H and O–H groups in total. The molecule has 0 aliphatic carbocycles. The molecule has 0 unspecified atom stereocenters. The molecule has 1 aromatic heterocycles. The predicted octanol–water partition coefficient (Wildman–Crippen LogP) is 4.29. The number of pyridine rings is 1. The van der Waals surface area contributed by atoms with Gasteiger partial charge in [-0.05, 0) is 55.9 Å². The Hall–Kier alpha value is -1.28. The second-order valence-electron chi connectivity index (χ2n) is 5.63. The van der Waals surface area contributed by atoms with E-state index in [1.807, 2.05) is 12.3 Å². The van der Waals surface area contributed by atoms with Crippen LogP contribution in [-0.4, -0.2) is 23.7 Å². The first kappa shape index (κ1) is 21.8. The van der Waals surface area contributed by atoms with E-state index in [0.29, 0.717) is 13.1 Å². The second-order valence-corrected chi connectivity index (χ2v) is 6.48. The van der Waals surface area contributed by atoms with Gasteiger partial charge in [0.1, 0.15) is 0 Å². The number of hydrogen-bond acceptors (Lipinski definition) is 3. The van der Waals surface area contributed by atoms with Crippen molar-refractivity contribution < 1.29 is 0 Å². The van der Waals surface area contributed by atoms with E-state index < -0.39 is 0 Å². The molecule has 4 nitrogen and oxygen atoms in total. The van der Waals surface area contributed by atoms with E-state index in [1.165, 1.54) is 21.6 Å². The Balaban J connectivity index is 0.00000312. The van der Waals surface area contributed by atoms with Crippen LogP contribution in [0.25, 0.3) is 0 Å². The van der Waals surface area contributed by atoms with E-state index in [9.17, 15) is 0 Å². The van der Waals surface area contributed by atoms with E-state index in [2.05, 4.69) is 66.9 Å². The summed E-state index contributed by atoms with van der Waals surface area (Å²) in [5.41, 5.74) is 4.76. The number of aromatic nitrogens is 1. The van der Waals surface area contributed by atoms with Gasteiger partial charge < -0.3 is 10.6 Å². The van der Waals surface area contributed by atoms with E-state index in [1.54, 1.807) is 11.8 Å². The van der Waals surface area contributed by atoms with Crippen LogP contribution in [0.1, 0.15) is 29.3 Å². The lowest BCUT2D eigenvalue weighted by Crippen LogP contribution is -2.37. The number of guanidine groups is 1. The lowest BCUT2D eigenvalue weighted by Gasteiger charge is -2.13. The summed E-state index contributed by atoms with van der Waals surface area (Å²) in [7, 11) is 0. The number of halogens is 1. The maximum Gasteiger partial charge on any atom is 0.191 e. The molecule has 136 valence electrons. The van der Waals surface area contributed by atoms with Gasteiger partial charge in [0.15, 0.2) is 5.96 Å². The largest absolute Gasteiger partial charge is 0.357 e. The number of benzene rings is 1. The Bertz CT molecular complexity index is 704. The molecular weight excluding hydrogens is 443 g/mol. The fourth-order valence-electron chi connectivity index (χ4n) is 2.36. The SMILES string of the molecule is CCNC(=NCc1ccc(C)cc1SC)NCc1ncccc1C.I. The fourth-order valence-corrected chi connectivity index (χ4v) is 3.06. The van der Waals surface area contributed by atoms with Gasteiger partial charge in [-0.15, -0.1) is 35.7 Å². The van der Waals surface area contributed by atoms with E-state index in [4.69, 9.17) is 4.99 Å². The highest BCUT2D eigenvalue weighted by molar-refractivity contribution is 14.0. The normalized spacial score (nSPS) is 11.0. The van der Waals surface area contributed by atoms with Crippen molar-refractivity contribution in [2.75, 3.05) is 12.8 Å². The molecule has 1 aromatic carbocycles. The molecule has 6 heteroatoms. The molecule has 0 radical (unpaired) electrons. The monoisotopic (exact) mass is 470 g/mol. The summed E-state index contributed by atoms with van der Waals surface area (Å²) in [5, 5.41) is 6.66. The predicted molar refractivity (Wildman–Crippen MR) is 119 cm³/mol. The lowest BCUT2D eigenvalue weighted by atomic mass is 10.1. The van der Waals surface area contributed by atoms with Crippen molar-refractivity contribution in [1.29, 1.82) is 0 Å². The minimum atomic E-state index is 0. The van der Waals surface area contributed by atoms with Crippen LogP contribution in [0.15, 0.2) is 46.4 Å². The summed E-state index contributed by atoms with van der Waals surface area (Å²) < 4.78 is 0. The molecule has 0 spiro atoms. The van der Waals surface area contributed by atoms with Gasteiger partial charge >= 0.3 is 0 Å². The van der Waals surface area contributed by atoms with Gasteiger partial charge in [-0.25, -0.2) is 4.99 Å². The molecule has 0 amide bonds. The van der Waals surface area contributed by atoms with Crippen LogP contribution < -0.4 is 10.6 Å². The van der Waals surface area contributed by atoms with Gasteiger partial charge in [0, 0.05) is 17.6 Å². The number of nitrogens with one attached hydrogen (secondary N) is 2. The molecule has 0 fully saturated rings. The summed E-state index contributed by atoms with van der Waals surface area (Å²) in [6, 6.07) is 10.6. The van der Waals surface area contributed by atoms with Crippen molar-refractivity contribution in [3.8, 4) is 0 Å². The number of rotatable bonds is 6. The molecule has 0 atom stereocenters. The summed E-state index contributed by atoms with van der Waals surface area (Å²) in [5.74, 6) is 0.815. The van der Waals surface area contributed by atoms with Crippen molar-refractivity contribution in [3.05, 3.63) is 58.9 Å². The van der Waals surface area contributed by atoms with Gasteiger partial charge in [-0.1, -0.05) is 18.2 Å². The molecule has 2 aromatic rings. The van der Waals surface area contributed by atoms with E-state index >= 15 is 0 Å². The van der Waals surface area contributed by atoms with Crippen molar-refractivity contribution in [2.45, 2.75) is 38.8 Å². The fraction of sp³-hybridized carbons (Fsp3) is 0.368. The zero-order valence-corrected chi connectivity index (χ0v) is 18.4. The van der Waals surface area contributed by atoms with Crippen molar-refractivity contribution in [3.63, 3.8) is 0 Å². The second kappa shape index (κ2) is 11.4. The van der Waals surface area contributed by atoms with Crippen LogP contribution in [0.2, 0.25) is 0 Å². The molecule has 0 aliphatic rings. The third-order valence-electron chi connectivity index (χ3n) is 3.74. The zero-order chi connectivity index (χ0) is 17.4. The van der Waals surface area contributed by atoms with Crippen molar-refractivity contribution >= 4 is 41.7 Å². The summed E-state index contributed by atoms with van der Waals surface area (Å²) in [4.78, 5) is 10.4. The Morgan fingerprint density at radius 1 is 1.20 bits per heavy atom. The maximum absolute atomic E-state index is 4.72. The molecular formula is C19H27IN4S. The minimum absolute atomic E-state index is 0.